The topological polar surface area (TPSA) is 29.1 Å². The van der Waals surface area contributed by atoms with E-state index in [4.69, 9.17) is 0 Å². The molecule has 28 heavy (non-hydrogen) atoms. The molecular formula is C23H23NOS3. The largest absolute Gasteiger partial charge is 0.326 e. The molecule has 0 spiro atoms. The van der Waals surface area contributed by atoms with Gasteiger partial charge >= 0.3 is 0 Å². The zero-order chi connectivity index (χ0) is 19.6. The Morgan fingerprint density at radius 1 is 0.786 bits per heavy atom. The second-order valence-electron chi connectivity index (χ2n) is 6.26. The van der Waals surface area contributed by atoms with Crippen LogP contribution in [0.1, 0.15) is 17.5 Å². The summed E-state index contributed by atoms with van der Waals surface area (Å²) >= 11 is 7.75. The average molecular weight is 426 g/mol. The third-order valence-corrected chi connectivity index (χ3v) is 6.36. The molecule has 0 fully saturated rings. The molecule has 0 aliphatic rings. The molecule has 1 N–H and O–H groups in total. The standard InChI is InChI=1S/C23H23NOS3/c25-23(11-12-26)24-20-14-18(16-27-21-7-3-1-4-8-21)13-19(15-20)17-28-22-9-5-2-6-10-22/h1-10,13-15,26H,11-12,16-17H2,(H,24,25). The summed E-state index contributed by atoms with van der Waals surface area (Å²) in [7, 11) is 0. The average Bonchev–Trinajstić information content (AvgIpc) is 2.72. The molecule has 144 valence electrons. The molecule has 0 heterocycles. The molecule has 5 heteroatoms. The Hall–Kier alpha value is -1.82. The first-order chi connectivity index (χ1) is 13.7. The summed E-state index contributed by atoms with van der Waals surface area (Å²) < 4.78 is 0. The van der Waals surface area contributed by atoms with E-state index < -0.39 is 0 Å². The van der Waals surface area contributed by atoms with Crippen molar-refractivity contribution in [2.45, 2.75) is 27.7 Å². The number of thiol groups is 1. The minimum atomic E-state index is 0.00419. The van der Waals surface area contributed by atoms with Gasteiger partial charge in [-0.2, -0.15) is 12.6 Å². The lowest BCUT2D eigenvalue weighted by Crippen LogP contribution is -2.12. The van der Waals surface area contributed by atoms with E-state index in [0.29, 0.717) is 12.2 Å². The van der Waals surface area contributed by atoms with Gasteiger partial charge in [0, 0.05) is 33.4 Å². The first-order valence-electron chi connectivity index (χ1n) is 9.12. The van der Waals surface area contributed by atoms with Crippen LogP contribution in [0, 0.1) is 0 Å². The van der Waals surface area contributed by atoms with Crippen molar-refractivity contribution in [2.24, 2.45) is 0 Å². The summed E-state index contributed by atoms with van der Waals surface area (Å²) in [6.07, 6.45) is 0.417. The molecule has 0 aliphatic heterocycles. The van der Waals surface area contributed by atoms with E-state index in [1.165, 1.54) is 20.9 Å². The quantitative estimate of drug-likeness (QED) is 0.302. The summed E-state index contributed by atoms with van der Waals surface area (Å²) in [5, 5.41) is 3.01. The number of nitrogens with one attached hydrogen (secondary N) is 1. The highest BCUT2D eigenvalue weighted by molar-refractivity contribution is 7.98. The number of rotatable bonds is 9. The van der Waals surface area contributed by atoms with Crippen LogP contribution in [0.25, 0.3) is 0 Å². The highest BCUT2D eigenvalue weighted by Gasteiger charge is 2.07. The number of hydrogen-bond donors (Lipinski definition) is 2. The molecule has 3 aromatic rings. The van der Waals surface area contributed by atoms with Crippen molar-refractivity contribution in [3.05, 3.63) is 90.0 Å². The molecule has 0 radical (unpaired) electrons. The zero-order valence-corrected chi connectivity index (χ0v) is 18.0. The SMILES string of the molecule is O=C(CCS)Nc1cc(CSc2ccccc2)cc(CSc2ccccc2)c1. The Morgan fingerprint density at radius 2 is 1.29 bits per heavy atom. The molecule has 0 saturated carbocycles. The van der Waals surface area contributed by atoms with Crippen molar-refractivity contribution >= 4 is 47.7 Å². The molecule has 0 aromatic heterocycles. The summed E-state index contributed by atoms with van der Waals surface area (Å²) in [6.45, 7) is 0. The van der Waals surface area contributed by atoms with Crippen molar-refractivity contribution in [3.8, 4) is 0 Å². The Morgan fingerprint density at radius 3 is 1.75 bits per heavy atom. The molecular weight excluding hydrogens is 402 g/mol. The van der Waals surface area contributed by atoms with Crippen molar-refractivity contribution in [1.29, 1.82) is 0 Å². The third-order valence-electron chi connectivity index (χ3n) is 3.97. The fourth-order valence-electron chi connectivity index (χ4n) is 2.69. The molecule has 0 atom stereocenters. The van der Waals surface area contributed by atoms with Gasteiger partial charge in [0.1, 0.15) is 0 Å². The first kappa shape index (κ1) is 20.9. The summed E-state index contributed by atoms with van der Waals surface area (Å²) in [5.74, 6) is 2.28. The minimum absolute atomic E-state index is 0.00419. The van der Waals surface area contributed by atoms with Crippen LogP contribution in [0.15, 0.2) is 88.7 Å². The van der Waals surface area contributed by atoms with Crippen LogP contribution >= 0.6 is 36.2 Å². The number of anilines is 1. The van der Waals surface area contributed by atoms with Crippen molar-refractivity contribution in [3.63, 3.8) is 0 Å². The maximum atomic E-state index is 12.0. The molecule has 0 bridgehead atoms. The van der Waals surface area contributed by atoms with E-state index >= 15 is 0 Å². The highest BCUT2D eigenvalue weighted by atomic mass is 32.2. The van der Waals surface area contributed by atoms with Crippen LogP contribution in [0.4, 0.5) is 5.69 Å². The summed E-state index contributed by atoms with van der Waals surface area (Å²) in [5.41, 5.74) is 3.28. The number of amides is 1. The van der Waals surface area contributed by atoms with Crippen LogP contribution < -0.4 is 5.32 Å². The summed E-state index contributed by atoms with van der Waals surface area (Å²) in [6, 6.07) is 27.1. The van der Waals surface area contributed by atoms with Crippen molar-refractivity contribution in [2.75, 3.05) is 11.1 Å². The van der Waals surface area contributed by atoms with E-state index in [1.54, 1.807) is 23.5 Å². The molecule has 0 saturated heterocycles. The van der Waals surface area contributed by atoms with E-state index in [-0.39, 0.29) is 5.91 Å². The molecule has 1 amide bonds. The molecule has 0 aliphatic carbocycles. The second-order valence-corrected chi connectivity index (χ2v) is 8.81. The van der Waals surface area contributed by atoms with Crippen LogP contribution in [-0.2, 0) is 16.3 Å². The Kier molecular flexibility index (Phi) is 8.40. The van der Waals surface area contributed by atoms with Gasteiger partial charge in [-0.3, -0.25) is 4.79 Å². The number of thioether (sulfide) groups is 2. The number of hydrogen-bond acceptors (Lipinski definition) is 4. The van der Waals surface area contributed by atoms with Gasteiger partial charge in [0.25, 0.3) is 0 Å². The first-order valence-corrected chi connectivity index (χ1v) is 11.7. The van der Waals surface area contributed by atoms with E-state index in [1.807, 2.05) is 12.1 Å². The van der Waals surface area contributed by atoms with Crippen molar-refractivity contribution in [1.82, 2.24) is 0 Å². The van der Waals surface area contributed by atoms with Gasteiger partial charge in [-0.05, 0) is 53.3 Å². The van der Waals surface area contributed by atoms with Crippen LogP contribution in [-0.4, -0.2) is 11.7 Å². The zero-order valence-electron chi connectivity index (χ0n) is 15.5. The monoisotopic (exact) mass is 425 g/mol. The van der Waals surface area contributed by atoms with Gasteiger partial charge in [-0.25, -0.2) is 0 Å². The summed E-state index contributed by atoms with van der Waals surface area (Å²) in [4.78, 5) is 14.5. The molecule has 2 nitrogen and oxygen atoms in total. The van der Waals surface area contributed by atoms with Gasteiger partial charge in [0.2, 0.25) is 5.91 Å². The maximum absolute atomic E-state index is 12.0. The third kappa shape index (κ3) is 6.97. The lowest BCUT2D eigenvalue weighted by atomic mass is 10.1. The number of benzene rings is 3. The Bertz CT molecular complexity index is 823. The van der Waals surface area contributed by atoms with Gasteiger partial charge in [-0.15, -0.1) is 23.5 Å². The lowest BCUT2D eigenvalue weighted by Gasteiger charge is -2.11. The number of carbonyl (C=O) groups is 1. The minimum Gasteiger partial charge on any atom is -0.326 e. The van der Waals surface area contributed by atoms with Gasteiger partial charge in [0.05, 0.1) is 0 Å². The van der Waals surface area contributed by atoms with Crippen LogP contribution in [0.2, 0.25) is 0 Å². The van der Waals surface area contributed by atoms with Gasteiger partial charge < -0.3 is 5.32 Å². The predicted molar refractivity (Wildman–Crippen MR) is 126 cm³/mol. The fourth-order valence-corrected chi connectivity index (χ4v) is 4.60. The van der Waals surface area contributed by atoms with Crippen LogP contribution in [0.5, 0.6) is 0 Å². The van der Waals surface area contributed by atoms with Crippen LogP contribution in [0.3, 0.4) is 0 Å². The molecule has 3 rings (SSSR count). The lowest BCUT2D eigenvalue weighted by molar-refractivity contribution is -0.115. The number of carbonyl (C=O) groups excluding carboxylic acids is 1. The normalized spacial score (nSPS) is 10.6. The Balaban J connectivity index is 1.73. The van der Waals surface area contributed by atoms with Gasteiger partial charge in [-0.1, -0.05) is 42.5 Å². The van der Waals surface area contributed by atoms with E-state index in [9.17, 15) is 4.79 Å². The smallest absolute Gasteiger partial charge is 0.225 e. The molecule has 0 unspecified atom stereocenters. The predicted octanol–water partition coefficient (Wildman–Crippen LogP) is 6.53. The second kappa shape index (κ2) is 11.2. The van der Waals surface area contributed by atoms with Crippen molar-refractivity contribution < 1.29 is 4.79 Å². The Labute approximate surface area is 180 Å². The van der Waals surface area contributed by atoms with E-state index in [2.05, 4.69) is 84.7 Å². The highest BCUT2D eigenvalue weighted by Crippen LogP contribution is 2.28. The molecule has 3 aromatic carbocycles. The maximum Gasteiger partial charge on any atom is 0.225 e. The van der Waals surface area contributed by atoms with Gasteiger partial charge in [0.15, 0.2) is 0 Å². The fraction of sp³-hybridized carbons (Fsp3) is 0.174. The van der Waals surface area contributed by atoms with E-state index in [0.717, 1.165) is 17.2 Å².